The fraction of sp³-hybridized carbons (Fsp3) is 0.533. The summed E-state index contributed by atoms with van der Waals surface area (Å²) in [6.07, 6.45) is 1.62. The van der Waals surface area contributed by atoms with Crippen molar-refractivity contribution in [2.45, 2.75) is 25.8 Å². The van der Waals surface area contributed by atoms with Gasteiger partial charge in [0, 0.05) is 0 Å². The van der Waals surface area contributed by atoms with Gasteiger partial charge in [0.15, 0.2) is 0 Å². The zero-order valence-corrected chi connectivity index (χ0v) is 13.5. The third-order valence-corrected chi connectivity index (χ3v) is 5.00. The maximum Gasteiger partial charge on any atom is 0.308 e. The Kier molecular flexibility index (Phi) is 4.54. The third kappa shape index (κ3) is 3.05. The number of aromatic nitrogens is 2. The molecule has 0 bridgehead atoms. The molecule has 2 aromatic rings. The molecule has 22 heavy (non-hydrogen) atoms. The van der Waals surface area contributed by atoms with Gasteiger partial charge < -0.3 is 9.15 Å². The van der Waals surface area contributed by atoms with Crippen molar-refractivity contribution in [3.8, 4) is 10.8 Å². The fourth-order valence-electron chi connectivity index (χ4n) is 2.75. The van der Waals surface area contributed by atoms with E-state index in [1.165, 1.54) is 7.11 Å². The molecule has 0 aromatic carbocycles. The minimum absolute atomic E-state index is 0.0119. The van der Waals surface area contributed by atoms with Crippen molar-refractivity contribution >= 4 is 17.3 Å². The van der Waals surface area contributed by atoms with Crippen LogP contribution in [0.2, 0.25) is 0 Å². The van der Waals surface area contributed by atoms with E-state index in [0.717, 1.165) is 30.8 Å². The van der Waals surface area contributed by atoms with Gasteiger partial charge in [-0.25, -0.2) is 0 Å². The van der Waals surface area contributed by atoms with Crippen molar-refractivity contribution in [2.24, 2.45) is 5.92 Å². The Hall–Kier alpha value is -1.73. The molecule has 0 N–H and O–H groups in total. The van der Waals surface area contributed by atoms with Gasteiger partial charge in [-0.1, -0.05) is 6.07 Å². The summed E-state index contributed by atoms with van der Waals surface area (Å²) in [6, 6.07) is 3.99. The van der Waals surface area contributed by atoms with Gasteiger partial charge in [0.05, 0.1) is 23.9 Å². The van der Waals surface area contributed by atoms with Crippen LogP contribution >= 0.6 is 11.3 Å². The average Bonchev–Trinajstić information content (AvgIpc) is 3.24. The van der Waals surface area contributed by atoms with Crippen molar-refractivity contribution in [1.29, 1.82) is 0 Å². The van der Waals surface area contributed by atoms with E-state index >= 15 is 0 Å². The van der Waals surface area contributed by atoms with Gasteiger partial charge in [-0.15, -0.1) is 21.5 Å². The molecule has 3 heterocycles. The van der Waals surface area contributed by atoms with Crippen LogP contribution in [0.5, 0.6) is 0 Å². The number of piperidine rings is 1. The molecule has 6 nitrogen and oxygen atoms in total. The van der Waals surface area contributed by atoms with Crippen LogP contribution in [0.4, 0.5) is 0 Å². The second-order valence-corrected chi connectivity index (χ2v) is 6.38. The van der Waals surface area contributed by atoms with E-state index in [4.69, 9.17) is 9.15 Å². The summed E-state index contributed by atoms with van der Waals surface area (Å²) in [6.45, 7) is 3.72. The molecule has 1 aliphatic rings. The number of esters is 1. The first-order valence-electron chi connectivity index (χ1n) is 7.38. The van der Waals surface area contributed by atoms with Crippen molar-refractivity contribution in [3.63, 3.8) is 0 Å². The van der Waals surface area contributed by atoms with E-state index in [0.29, 0.717) is 11.8 Å². The van der Waals surface area contributed by atoms with E-state index in [1.807, 2.05) is 17.5 Å². The predicted octanol–water partition coefficient (Wildman–Crippen LogP) is 2.74. The van der Waals surface area contributed by atoms with Crippen LogP contribution in [-0.4, -0.2) is 41.3 Å². The van der Waals surface area contributed by atoms with E-state index in [1.54, 1.807) is 11.3 Å². The number of ether oxygens (including phenoxy) is 1. The molecule has 1 saturated heterocycles. The van der Waals surface area contributed by atoms with Crippen LogP contribution in [0.1, 0.15) is 31.7 Å². The van der Waals surface area contributed by atoms with Crippen LogP contribution in [0.15, 0.2) is 21.9 Å². The highest BCUT2D eigenvalue weighted by atomic mass is 32.1. The summed E-state index contributed by atoms with van der Waals surface area (Å²) >= 11 is 1.58. The first kappa shape index (κ1) is 15.2. The normalized spacial score (nSPS) is 18.3. The van der Waals surface area contributed by atoms with Crippen LogP contribution < -0.4 is 0 Å². The number of likely N-dealkylation sites (tertiary alicyclic amines) is 1. The Labute approximate surface area is 133 Å². The summed E-state index contributed by atoms with van der Waals surface area (Å²) in [5, 5.41) is 10.3. The van der Waals surface area contributed by atoms with Crippen LogP contribution in [0.25, 0.3) is 10.8 Å². The first-order chi connectivity index (χ1) is 10.7. The second kappa shape index (κ2) is 6.58. The zero-order chi connectivity index (χ0) is 15.5. The maximum atomic E-state index is 11.6. The molecule has 0 unspecified atom stereocenters. The van der Waals surface area contributed by atoms with Gasteiger partial charge in [-0.05, 0) is 44.3 Å². The largest absolute Gasteiger partial charge is 0.469 e. The lowest BCUT2D eigenvalue weighted by Crippen LogP contribution is -2.38. The molecule has 0 aliphatic carbocycles. The number of hydrogen-bond acceptors (Lipinski definition) is 7. The van der Waals surface area contributed by atoms with Gasteiger partial charge in [-0.3, -0.25) is 9.69 Å². The summed E-state index contributed by atoms with van der Waals surface area (Å²) in [5.74, 6) is 1.10. The molecule has 7 heteroatoms. The third-order valence-electron chi connectivity index (χ3n) is 4.14. The summed E-state index contributed by atoms with van der Waals surface area (Å²) in [5.41, 5.74) is 0. The number of thiophene rings is 1. The molecule has 118 valence electrons. The Morgan fingerprint density at radius 2 is 2.23 bits per heavy atom. The lowest BCUT2D eigenvalue weighted by Gasteiger charge is -2.33. The number of nitrogens with zero attached hydrogens (tertiary/aromatic N) is 3. The van der Waals surface area contributed by atoms with E-state index in [-0.39, 0.29) is 17.9 Å². The number of rotatable bonds is 4. The maximum absolute atomic E-state index is 11.6. The van der Waals surface area contributed by atoms with Crippen molar-refractivity contribution < 1.29 is 13.9 Å². The van der Waals surface area contributed by atoms with Crippen LogP contribution in [0.3, 0.4) is 0 Å². The summed E-state index contributed by atoms with van der Waals surface area (Å²) in [4.78, 5) is 14.8. The van der Waals surface area contributed by atoms with Crippen LogP contribution in [-0.2, 0) is 9.53 Å². The van der Waals surface area contributed by atoms with E-state index < -0.39 is 0 Å². The minimum Gasteiger partial charge on any atom is -0.469 e. The molecule has 3 rings (SSSR count). The highest BCUT2D eigenvalue weighted by Crippen LogP contribution is 2.29. The monoisotopic (exact) mass is 321 g/mol. The summed E-state index contributed by atoms with van der Waals surface area (Å²) < 4.78 is 10.6. The molecule has 0 spiro atoms. The second-order valence-electron chi connectivity index (χ2n) is 5.43. The molecule has 0 radical (unpaired) electrons. The molecular formula is C15H19N3O3S. The molecule has 2 aromatic heterocycles. The van der Waals surface area contributed by atoms with Gasteiger partial charge in [0.2, 0.25) is 5.89 Å². The smallest absolute Gasteiger partial charge is 0.308 e. The Morgan fingerprint density at radius 1 is 1.45 bits per heavy atom. The minimum atomic E-state index is -0.106. The van der Waals surface area contributed by atoms with E-state index in [9.17, 15) is 4.79 Å². The van der Waals surface area contributed by atoms with E-state index in [2.05, 4.69) is 22.0 Å². The highest BCUT2D eigenvalue weighted by molar-refractivity contribution is 7.13. The fourth-order valence-corrected chi connectivity index (χ4v) is 3.39. The Bertz CT molecular complexity index is 618. The lowest BCUT2D eigenvalue weighted by atomic mass is 9.96. The van der Waals surface area contributed by atoms with Crippen molar-refractivity contribution in [1.82, 2.24) is 15.1 Å². The quantitative estimate of drug-likeness (QED) is 0.807. The number of carbonyl (C=O) groups is 1. The van der Waals surface area contributed by atoms with Gasteiger partial charge in [0.1, 0.15) is 0 Å². The van der Waals surface area contributed by atoms with Crippen molar-refractivity contribution in [3.05, 3.63) is 23.4 Å². The number of hydrogen-bond donors (Lipinski definition) is 0. The standard InChI is InChI=1S/C15H19N3O3S/c1-10(18-7-5-11(6-8-18)15(19)20-2)13-16-17-14(21-13)12-4-3-9-22-12/h3-4,9-11H,5-8H2,1-2H3/t10-/m0/s1. The topological polar surface area (TPSA) is 68.5 Å². The van der Waals surface area contributed by atoms with Gasteiger partial charge in [0.25, 0.3) is 5.89 Å². The predicted molar refractivity (Wildman–Crippen MR) is 82.3 cm³/mol. The average molecular weight is 321 g/mol. The molecule has 1 aliphatic heterocycles. The SMILES string of the molecule is COC(=O)C1CCN([C@@H](C)c2nnc(-c3cccs3)o2)CC1. The lowest BCUT2D eigenvalue weighted by molar-refractivity contribution is -0.147. The number of methoxy groups -OCH3 is 1. The summed E-state index contributed by atoms with van der Waals surface area (Å²) in [7, 11) is 1.45. The molecule has 1 fully saturated rings. The number of carbonyl (C=O) groups excluding carboxylic acids is 1. The van der Waals surface area contributed by atoms with Crippen molar-refractivity contribution in [2.75, 3.05) is 20.2 Å². The van der Waals surface area contributed by atoms with Gasteiger partial charge >= 0.3 is 5.97 Å². The molecular weight excluding hydrogens is 302 g/mol. The molecule has 0 amide bonds. The van der Waals surface area contributed by atoms with Crippen LogP contribution in [0, 0.1) is 5.92 Å². The molecule has 0 saturated carbocycles. The highest BCUT2D eigenvalue weighted by Gasteiger charge is 2.30. The first-order valence-corrected chi connectivity index (χ1v) is 8.26. The van der Waals surface area contributed by atoms with Gasteiger partial charge in [-0.2, -0.15) is 0 Å². The zero-order valence-electron chi connectivity index (χ0n) is 12.7. The molecule has 1 atom stereocenters. The Morgan fingerprint density at radius 3 is 2.86 bits per heavy atom. The Balaban J connectivity index is 1.63.